The van der Waals surface area contributed by atoms with Gasteiger partial charge in [-0.25, -0.2) is 4.39 Å². The molecule has 5 heteroatoms. The highest BCUT2D eigenvalue weighted by molar-refractivity contribution is 4.79. The zero-order valence-corrected chi connectivity index (χ0v) is 10.4. The van der Waals surface area contributed by atoms with Gasteiger partial charge in [-0.3, -0.25) is 0 Å². The fourth-order valence-corrected chi connectivity index (χ4v) is 0.826. The molecule has 16 heavy (non-hydrogen) atoms. The first kappa shape index (κ1) is 15.7. The third-order valence-corrected chi connectivity index (χ3v) is 2.93. The summed E-state index contributed by atoms with van der Waals surface area (Å²) in [6, 6.07) is 0. The molecule has 1 nitrogen and oxygen atoms in total. The van der Waals surface area contributed by atoms with Crippen molar-refractivity contribution in [2.45, 2.75) is 59.0 Å². The Kier molecular flexibility index (Phi) is 4.80. The molecule has 0 aliphatic carbocycles. The molecular formula is C11H20F4O. The highest BCUT2D eigenvalue weighted by Gasteiger charge is 2.46. The van der Waals surface area contributed by atoms with E-state index in [2.05, 4.69) is 0 Å². The van der Waals surface area contributed by atoms with E-state index in [-0.39, 0.29) is 13.0 Å². The van der Waals surface area contributed by atoms with Crippen LogP contribution in [0, 0.1) is 5.41 Å². The largest absolute Gasteiger partial charge is 0.394 e. The van der Waals surface area contributed by atoms with Crippen molar-refractivity contribution in [1.29, 1.82) is 0 Å². The van der Waals surface area contributed by atoms with Gasteiger partial charge in [-0.2, -0.15) is 13.2 Å². The van der Waals surface area contributed by atoms with Crippen LogP contribution >= 0.6 is 0 Å². The van der Waals surface area contributed by atoms with Crippen molar-refractivity contribution >= 4 is 0 Å². The lowest BCUT2D eigenvalue weighted by Crippen LogP contribution is -2.38. The van der Waals surface area contributed by atoms with Gasteiger partial charge in [0.05, 0.1) is 11.0 Å². The lowest BCUT2D eigenvalue weighted by atomic mass is 9.89. The normalized spacial score (nSPS) is 16.3. The maximum Gasteiger partial charge on any atom is 0.394 e. The Hall–Kier alpha value is -0.320. The molecule has 0 rings (SSSR count). The highest BCUT2D eigenvalue weighted by atomic mass is 19.4. The molecule has 1 unspecified atom stereocenters. The van der Waals surface area contributed by atoms with Crippen LogP contribution in [-0.4, -0.2) is 24.6 Å². The summed E-state index contributed by atoms with van der Waals surface area (Å²) in [5, 5.41) is 0. The van der Waals surface area contributed by atoms with Gasteiger partial charge in [0, 0.05) is 6.61 Å². The summed E-state index contributed by atoms with van der Waals surface area (Å²) in [5.41, 5.74) is -2.84. The molecule has 98 valence electrons. The SMILES string of the molecule is CC(F)C(C)(C)OCCC(C)(C)C(F)(F)F. The monoisotopic (exact) mass is 244 g/mol. The van der Waals surface area contributed by atoms with E-state index in [1.54, 1.807) is 0 Å². The summed E-state index contributed by atoms with van der Waals surface area (Å²) >= 11 is 0. The van der Waals surface area contributed by atoms with Gasteiger partial charge in [0.2, 0.25) is 0 Å². The van der Waals surface area contributed by atoms with Crippen molar-refractivity contribution in [3.63, 3.8) is 0 Å². The van der Waals surface area contributed by atoms with Gasteiger partial charge in [-0.1, -0.05) is 13.8 Å². The number of hydrogen-bond acceptors (Lipinski definition) is 1. The maximum atomic E-state index is 13.0. The molecule has 0 aliphatic heterocycles. The van der Waals surface area contributed by atoms with Gasteiger partial charge in [-0.15, -0.1) is 0 Å². The van der Waals surface area contributed by atoms with E-state index < -0.39 is 23.4 Å². The van der Waals surface area contributed by atoms with E-state index in [4.69, 9.17) is 4.74 Å². The van der Waals surface area contributed by atoms with Crippen LogP contribution in [0.5, 0.6) is 0 Å². The van der Waals surface area contributed by atoms with Gasteiger partial charge >= 0.3 is 6.18 Å². The number of halogens is 4. The van der Waals surface area contributed by atoms with E-state index in [0.717, 1.165) is 13.8 Å². The Balaban J connectivity index is 4.19. The smallest absolute Gasteiger partial charge is 0.373 e. The lowest BCUT2D eigenvalue weighted by molar-refractivity contribution is -0.220. The van der Waals surface area contributed by atoms with E-state index in [1.807, 2.05) is 0 Å². The van der Waals surface area contributed by atoms with Crippen molar-refractivity contribution < 1.29 is 22.3 Å². The van der Waals surface area contributed by atoms with Crippen LogP contribution in [0.4, 0.5) is 17.6 Å². The molecule has 0 heterocycles. The van der Waals surface area contributed by atoms with Gasteiger partial charge in [0.25, 0.3) is 0 Å². The van der Waals surface area contributed by atoms with Crippen LogP contribution in [-0.2, 0) is 4.74 Å². The molecule has 0 N–H and O–H groups in total. The molecule has 0 aromatic heterocycles. The molecule has 0 aromatic carbocycles. The number of hydrogen-bond donors (Lipinski definition) is 0. The third kappa shape index (κ3) is 4.28. The summed E-state index contributed by atoms with van der Waals surface area (Å²) in [6.07, 6.45) is -5.66. The third-order valence-electron chi connectivity index (χ3n) is 2.93. The average Bonchev–Trinajstić information content (AvgIpc) is 2.00. The Morgan fingerprint density at radius 1 is 1.06 bits per heavy atom. The minimum absolute atomic E-state index is 0.103. The van der Waals surface area contributed by atoms with Crippen molar-refractivity contribution in [3.05, 3.63) is 0 Å². The molecule has 0 bridgehead atoms. The van der Waals surface area contributed by atoms with Crippen LogP contribution in [0.15, 0.2) is 0 Å². The summed E-state index contributed by atoms with van der Waals surface area (Å²) in [4.78, 5) is 0. The first-order valence-electron chi connectivity index (χ1n) is 5.25. The fraction of sp³-hybridized carbons (Fsp3) is 1.00. The zero-order chi connectivity index (χ0) is 13.2. The number of alkyl halides is 4. The fourth-order valence-electron chi connectivity index (χ4n) is 0.826. The van der Waals surface area contributed by atoms with E-state index in [9.17, 15) is 17.6 Å². The molecule has 0 amide bonds. The van der Waals surface area contributed by atoms with E-state index in [1.165, 1.54) is 20.8 Å². The van der Waals surface area contributed by atoms with Gasteiger partial charge in [0.1, 0.15) is 6.17 Å². The van der Waals surface area contributed by atoms with Gasteiger partial charge in [-0.05, 0) is 27.2 Å². The molecule has 0 aliphatic rings. The maximum absolute atomic E-state index is 13.0. The Morgan fingerprint density at radius 2 is 1.50 bits per heavy atom. The standard InChI is InChI=1S/C11H20F4O/c1-8(12)10(4,5)16-7-6-9(2,3)11(13,14)15/h8H,6-7H2,1-5H3. The van der Waals surface area contributed by atoms with Crippen LogP contribution < -0.4 is 0 Å². The zero-order valence-electron chi connectivity index (χ0n) is 10.4. The second-order valence-corrected chi connectivity index (χ2v) is 5.20. The van der Waals surface area contributed by atoms with Crippen molar-refractivity contribution in [2.75, 3.05) is 6.61 Å². The second-order valence-electron chi connectivity index (χ2n) is 5.20. The topological polar surface area (TPSA) is 9.23 Å². The summed E-state index contributed by atoms with van der Waals surface area (Å²) in [7, 11) is 0. The molecule has 0 spiro atoms. The van der Waals surface area contributed by atoms with Crippen molar-refractivity contribution in [2.24, 2.45) is 5.41 Å². The summed E-state index contributed by atoms with van der Waals surface area (Å²) in [5.74, 6) is 0. The molecule has 0 saturated carbocycles. The first-order valence-corrected chi connectivity index (χ1v) is 5.25. The first-order chi connectivity index (χ1) is 6.90. The molecule has 0 radical (unpaired) electrons. The van der Waals surface area contributed by atoms with Crippen molar-refractivity contribution in [3.8, 4) is 0 Å². The van der Waals surface area contributed by atoms with Crippen LogP contribution in [0.25, 0.3) is 0 Å². The summed E-state index contributed by atoms with van der Waals surface area (Å²) in [6.45, 7) is 6.50. The Bertz CT molecular complexity index is 219. The minimum Gasteiger partial charge on any atom is -0.373 e. The molecule has 1 atom stereocenters. The van der Waals surface area contributed by atoms with Gasteiger partial charge in [0.15, 0.2) is 0 Å². The Labute approximate surface area is 94.2 Å². The highest BCUT2D eigenvalue weighted by Crippen LogP contribution is 2.40. The second kappa shape index (κ2) is 4.90. The van der Waals surface area contributed by atoms with Crippen LogP contribution in [0.2, 0.25) is 0 Å². The lowest BCUT2D eigenvalue weighted by Gasteiger charge is -2.31. The molecule has 0 fully saturated rings. The predicted molar refractivity (Wildman–Crippen MR) is 55.1 cm³/mol. The number of ether oxygens (including phenoxy) is 1. The van der Waals surface area contributed by atoms with E-state index >= 15 is 0 Å². The molecular weight excluding hydrogens is 224 g/mol. The Morgan fingerprint density at radius 3 is 1.81 bits per heavy atom. The molecule has 0 aromatic rings. The summed E-state index contributed by atoms with van der Waals surface area (Å²) < 4.78 is 55.6. The quantitative estimate of drug-likeness (QED) is 0.661. The number of rotatable bonds is 5. The van der Waals surface area contributed by atoms with E-state index in [0.29, 0.717) is 0 Å². The molecule has 0 saturated heterocycles. The van der Waals surface area contributed by atoms with Crippen LogP contribution in [0.3, 0.4) is 0 Å². The van der Waals surface area contributed by atoms with Gasteiger partial charge < -0.3 is 4.74 Å². The minimum atomic E-state index is -4.26. The van der Waals surface area contributed by atoms with Crippen molar-refractivity contribution in [1.82, 2.24) is 0 Å². The predicted octanol–water partition coefficient (Wildman–Crippen LogP) is 4.12. The average molecular weight is 244 g/mol. The van der Waals surface area contributed by atoms with Crippen LogP contribution in [0.1, 0.15) is 41.0 Å².